The number of nitrogens with zero attached hydrogens (tertiary/aromatic N) is 1. The zero-order valence-corrected chi connectivity index (χ0v) is 8.88. The molecule has 0 unspecified atom stereocenters. The molecule has 13 heavy (non-hydrogen) atoms. The van der Waals surface area contributed by atoms with Gasteiger partial charge in [-0.05, 0) is 6.42 Å². The molecule has 5 nitrogen and oxygen atoms in total. The molecular weight excluding hydrogens is 194 g/mol. The predicted molar refractivity (Wildman–Crippen MR) is 50.0 cm³/mol. The van der Waals surface area contributed by atoms with Crippen molar-refractivity contribution in [2.45, 2.75) is 6.42 Å². The van der Waals surface area contributed by atoms with Gasteiger partial charge >= 0.3 is 0 Å². The zero-order valence-electron chi connectivity index (χ0n) is 8.06. The molecule has 0 aromatic carbocycles. The number of hydrogen-bond donors (Lipinski definition) is 1. The summed E-state index contributed by atoms with van der Waals surface area (Å²) in [7, 11) is -0.174. The number of ether oxygens (including phenoxy) is 1. The maximum Gasteiger partial charge on any atom is 0.214 e. The van der Waals surface area contributed by atoms with E-state index in [4.69, 9.17) is 9.84 Å². The minimum absolute atomic E-state index is 0.0102. The van der Waals surface area contributed by atoms with Gasteiger partial charge in [0.05, 0.1) is 12.4 Å². The van der Waals surface area contributed by atoms with E-state index in [0.29, 0.717) is 13.2 Å². The summed E-state index contributed by atoms with van der Waals surface area (Å²) < 4.78 is 28.7. The van der Waals surface area contributed by atoms with Crippen LogP contribution in [0, 0.1) is 0 Å². The Hall–Kier alpha value is -0.170. The van der Waals surface area contributed by atoms with E-state index in [0.717, 1.165) is 0 Å². The van der Waals surface area contributed by atoms with E-state index in [1.54, 1.807) is 0 Å². The molecule has 1 N–H and O–H groups in total. The van der Waals surface area contributed by atoms with Crippen molar-refractivity contribution in [1.29, 1.82) is 0 Å². The fourth-order valence-electron chi connectivity index (χ4n) is 0.762. The van der Waals surface area contributed by atoms with Crippen LogP contribution >= 0.6 is 0 Å². The Bertz CT molecular complexity index is 215. The fraction of sp³-hybridized carbons (Fsp3) is 1.00. The Kier molecular flexibility index (Phi) is 6.23. The molecule has 0 aliphatic heterocycles. The van der Waals surface area contributed by atoms with Crippen molar-refractivity contribution < 1.29 is 18.3 Å². The molecule has 0 spiro atoms. The quantitative estimate of drug-likeness (QED) is 0.603. The molecule has 0 fully saturated rings. The number of aliphatic hydroxyl groups is 1. The summed E-state index contributed by atoms with van der Waals surface area (Å²) in [4.78, 5) is 0. The zero-order chi connectivity index (χ0) is 10.3. The van der Waals surface area contributed by atoms with Gasteiger partial charge < -0.3 is 9.84 Å². The van der Waals surface area contributed by atoms with Crippen molar-refractivity contribution in [3.8, 4) is 0 Å². The third-order valence-electron chi connectivity index (χ3n) is 1.65. The van der Waals surface area contributed by atoms with Gasteiger partial charge in [-0.1, -0.05) is 0 Å². The minimum atomic E-state index is -3.20. The van der Waals surface area contributed by atoms with Crippen LogP contribution in [0.5, 0.6) is 0 Å². The van der Waals surface area contributed by atoms with Crippen LogP contribution in [-0.4, -0.2) is 57.5 Å². The smallest absolute Gasteiger partial charge is 0.214 e. The molecule has 0 saturated heterocycles. The van der Waals surface area contributed by atoms with E-state index in [-0.39, 0.29) is 18.8 Å². The second-order valence-corrected chi connectivity index (χ2v) is 4.90. The first kappa shape index (κ1) is 12.8. The van der Waals surface area contributed by atoms with Gasteiger partial charge in [-0.3, -0.25) is 0 Å². The normalized spacial score (nSPS) is 12.3. The third-order valence-corrected chi connectivity index (χ3v) is 3.58. The van der Waals surface area contributed by atoms with Crippen LogP contribution in [0.4, 0.5) is 0 Å². The number of hydrogen-bond acceptors (Lipinski definition) is 4. The third kappa shape index (κ3) is 5.20. The number of sulfonamides is 1. The molecule has 80 valence electrons. The Morgan fingerprint density at radius 3 is 2.54 bits per heavy atom. The van der Waals surface area contributed by atoms with Gasteiger partial charge in [0.1, 0.15) is 0 Å². The van der Waals surface area contributed by atoms with Gasteiger partial charge in [0.2, 0.25) is 10.0 Å². The van der Waals surface area contributed by atoms with Crippen molar-refractivity contribution in [2.75, 3.05) is 39.7 Å². The highest BCUT2D eigenvalue weighted by Gasteiger charge is 2.16. The maximum atomic E-state index is 11.4. The predicted octanol–water partition coefficient (Wildman–Crippen LogP) is -0.723. The molecule has 0 aliphatic carbocycles. The molecule has 0 aromatic rings. The molecule has 0 saturated carbocycles. The lowest BCUT2D eigenvalue weighted by molar-refractivity contribution is 0.185. The average molecular weight is 211 g/mol. The lowest BCUT2D eigenvalue weighted by Gasteiger charge is -2.15. The van der Waals surface area contributed by atoms with Gasteiger partial charge in [-0.25, -0.2) is 12.7 Å². The molecule has 6 heteroatoms. The first-order chi connectivity index (χ1) is 6.04. The summed E-state index contributed by atoms with van der Waals surface area (Å²) in [5.74, 6) is -0.0102. The van der Waals surface area contributed by atoms with E-state index >= 15 is 0 Å². The monoisotopic (exact) mass is 211 g/mol. The van der Waals surface area contributed by atoms with Crippen LogP contribution in [0.25, 0.3) is 0 Å². The van der Waals surface area contributed by atoms with E-state index in [1.165, 1.54) is 18.5 Å². The van der Waals surface area contributed by atoms with Crippen LogP contribution in [0.2, 0.25) is 0 Å². The summed E-state index contributed by atoms with van der Waals surface area (Å²) in [5.41, 5.74) is 0. The van der Waals surface area contributed by atoms with Gasteiger partial charge in [0, 0.05) is 27.3 Å². The van der Waals surface area contributed by atoms with E-state index in [9.17, 15) is 8.42 Å². The molecule has 0 heterocycles. The van der Waals surface area contributed by atoms with E-state index in [2.05, 4.69) is 0 Å². The number of likely N-dealkylation sites (N-methyl/N-ethyl adjacent to an activating group) is 1. The molecular formula is C7H17NO4S. The number of aliphatic hydroxyl groups excluding tert-OH is 1. The maximum absolute atomic E-state index is 11.4. The summed E-state index contributed by atoms with van der Waals surface area (Å²) in [6.45, 7) is 0.635. The van der Waals surface area contributed by atoms with Crippen LogP contribution in [-0.2, 0) is 14.8 Å². The average Bonchev–Trinajstić information content (AvgIpc) is 2.10. The lowest BCUT2D eigenvalue weighted by Crippen LogP contribution is -2.32. The number of methoxy groups -OCH3 is 1. The van der Waals surface area contributed by atoms with Gasteiger partial charge in [-0.2, -0.15) is 0 Å². The van der Waals surface area contributed by atoms with Gasteiger partial charge in [0.25, 0.3) is 0 Å². The highest BCUT2D eigenvalue weighted by Crippen LogP contribution is 1.99. The Morgan fingerprint density at radius 2 is 2.08 bits per heavy atom. The molecule has 0 amide bonds. The lowest BCUT2D eigenvalue weighted by atomic mass is 10.5. The molecule has 0 radical (unpaired) electrons. The van der Waals surface area contributed by atoms with Crippen molar-refractivity contribution in [1.82, 2.24) is 4.31 Å². The van der Waals surface area contributed by atoms with Crippen LogP contribution in [0.15, 0.2) is 0 Å². The molecule has 0 aliphatic rings. The van der Waals surface area contributed by atoms with Crippen LogP contribution < -0.4 is 0 Å². The Balaban J connectivity index is 3.96. The van der Waals surface area contributed by atoms with E-state index in [1.807, 2.05) is 0 Å². The van der Waals surface area contributed by atoms with Gasteiger partial charge in [0.15, 0.2) is 0 Å². The number of rotatable bonds is 7. The molecule has 0 rings (SSSR count). The SMILES string of the molecule is COCCN(C)S(=O)(=O)CCCO. The minimum Gasteiger partial charge on any atom is -0.396 e. The molecule has 0 bridgehead atoms. The van der Waals surface area contributed by atoms with E-state index < -0.39 is 10.0 Å². The van der Waals surface area contributed by atoms with Crippen LogP contribution in [0.1, 0.15) is 6.42 Å². The van der Waals surface area contributed by atoms with Crippen molar-refractivity contribution in [2.24, 2.45) is 0 Å². The second-order valence-electron chi connectivity index (χ2n) is 2.71. The Morgan fingerprint density at radius 1 is 1.46 bits per heavy atom. The summed E-state index contributed by atoms with van der Waals surface area (Å²) >= 11 is 0. The molecule has 0 aromatic heterocycles. The van der Waals surface area contributed by atoms with Gasteiger partial charge in [-0.15, -0.1) is 0 Å². The van der Waals surface area contributed by atoms with Crippen molar-refractivity contribution >= 4 is 10.0 Å². The Labute approximate surface area is 79.4 Å². The second kappa shape index (κ2) is 6.31. The largest absolute Gasteiger partial charge is 0.396 e. The van der Waals surface area contributed by atoms with Crippen molar-refractivity contribution in [3.05, 3.63) is 0 Å². The summed E-state index contributed by atoms with van der Waals surface area (Å²) in [5, 5.41) is 8.48. The highest BCUT2D eigenvalue weighted by atomic mass is 32.2. The summed E-state index contributed by atoms with van der Waals surface area (Å²) in [6.07, 6.45) is 0.277. The topological polar surface area (TPSA) is 66.8 Å². The highest BCUT2D eigenvalue weighted by molar-refractivity contribution is 7.89. The summed E-state index contributed by atoms with van der Waals surface area (Å²) in [6, 6.07) is 0. The first-order valence-corrected chi connectivity index (χ1v) is 5.69. The molecule has 0 atom stereocenters. The standard InChI is InChI=1S/C7H17NO4S/c1-8(4-6-12-2)13(10,11)7-3-5-9/h9H,3-7H2,1-2H3. The first-order valence-electron chi connectivity index (χ1n) is 4.08. The van der Waals surface area contributed by atoms with Crippen molar-refractivity contribution in [3.63, 3.8) is 0 Å². The van der Waals surface area contributed by atoms with Crippen LogP contribution in [0.3, 0.4) is 0 Å². The fourth-order valence-corrected chi connectivity index (χ4v) is 1.92.